The second kappa shape index (κ2) is 8.95. The van der Waals surface area contributed by atoms with E-state index in [4.69, 9.17) is 0 Å². The zero-order valence-corrected chi connectivity index (χ0v) is 19.4. The van der Waals surface area contributed by atoms with Crippen molar-refractivity contribution < 1.29 is 21.2 Å². The number of sulfonamides is 2. The molecule has 1 unspecified atom stereocenters. The zero-order valence-electron chi connectivity index (χ0n) is 17.7. The van der Waals surface area contributed by atoms with Crippen LogP contribution >= 0.6 is 0 Å². The van der Waals surface area contributed by atoms with Gasteiger partial charge in [0.15, 0.2) is 0 Å². The van der Waals surface area contributed by atoms with E-state index in [1.165, 1.54) is 43.3 Å². The number of nitrogens with one attached hydrogen (secondary N) is 1. The zero-order chi connectivity index (χ0) is 23.6. The fourth-order valence-corrected chi connectivity index (χ4v) is 5.68. The van der Waals surface area contributed by atoms with Crippen molar-refractivity contribution in [1.29, 1.82) is 0 Å². The summed E-state index contributed by atoms with van der Waals surface area (Å²) in [6.45, 7) is 1.52. The Labute approximate surface area is 192 Å². The van der Waals surface area contributed by atoms with Gasteiger partial charge in [-0.3, -0.25) is 4.72 Å². The van der Waals surface area contributed by atoms with Gasteiger partial charge < -0.3 is 0 Å². The number of anilines is 1. The minimum atomic E-state index is -4.03. The molecular formula is C23H22FN3O4S2. The predicted molar refractivity (Wildman–Crippen MR) is 125 cm³/mol. The first-order chi connectivity index (χ1) is 15.7. The fraction of sp³-hybridized carbons (Fsp3) is 0.174. The summed E-state index contributed by atoms with van der Waals surface area (Å²) in [6, 6.07) is 19.5. The monoisotopic (exact) mass is 487 g/mol. The Bertz CT molecular complexity index is 1390. The van der Waals surface area contributed by atoms with E-state index in [1.54, 1.807) is 42.5 Å². The van der Waals surface area contributed by atoms with Gasteiger partial charge in [-0.05, 0) is 42.8 Å². The summed E-state index contributed by atoms with van der Waals surface area (Å²) in [5.74, 6) is -0.546. The lowest BCUT2D eigenvalue weighted by molar-refractivity contribution is 0.371. The Morgan fingerprint density at radius 2 is 1.58 bits per heavy atom. The maximum absolute atomic E-state index is 13.5. The quantitative estimate of drug-likeness (QED) is 0.542. The largest absolute Gasteiger partial charge is 0.283 e. The first-order valence-corrected chi connectivity index (χ1v) is 13.3. The summed E-state index contributed by atoms with van der Waals surface area (Å²) >= 11 is 0. The standard InChI is InChI=1S/C23H22FN3O4S2/c1-2-32(28,29)26-21-11-7-6-10-20(21)22-16-23(17-12-14-18(24)15-13-17)27(25-22)33(30,31)19-8-4-3-5-9-19/h3-15,23,26H,2,16H2,1H3. The average molecular weight is 488 g/mol. The van der Waals surface area contributed by atoms with E-state index in [0.29, 0.717) is 22.5 Å². The third kappa shape index (κ3) is 4.76. The number of rotatable bonds is 7. The maximum atomic E-state index is 13.5. The number of hydrogen-bond donors (Lipinski definition) is 1. The second-order valence-corrected chi connectivity index (χ2v) is 11.3. The lowest BCUT2D eigenvalue weighted by Crippen LogP contribution is -2.27. The molecule has 3 aromatic carbocycles. The molecule has 4 rings (SSSR count). The van der Waals surface area contributed by atoms with Gasteiger partial charge in [-0.15, -0.1) is 0 Å². The fourth-order valence-electron chi connectivity index (χ4n) is 3.57. The van der Waals surface area contributed by atoms with Crippen LogP contribution in [-0.4, -0.2) is 32.7 Å². The molecule has 33 heavy (non-hydrogen) atoms. The molecule has 7 nitrogen and oxygen atoms in total. The minimum absolute atomic E-state index is 0.0714. The van der Waals surface area contributed by atoms with Crippen LogP contribution in [0.3, 0.4) is 0 Å². The Morgan fingerprint density at radius 1 is 0.939 bits per heavy atom. The van der Waals surface area contributed by atoms with E-state index in [2.05, 4.69) is 9.82 Å². The molecule has 0 saturated carbocycles. The minimum Gasteiger partial charge on any atom is -0.283 e. The highest BCUT2D eigenvalue weighted by atomic mass is 32.2. The van der Waals surface area contributed by atoms with Crippen LogP contribution in [0.1, 0.15) is 30.5 Å². The summed E-state index contributed by atoms with van der Waals surface area (Å²) in [6.07, 6.45) is 0.183. The normalized spacial score (nSPS) is 16.5. The number of hydrazone groups is 1. The van der Waals surface area contributed by atoms with Gasteiger partial charge in [0.05, 0.1) is 28.1 Å². The lowest BCUT2D eigenvalue weighted by atomic mass is 9.98. The summed E-state index contributed by atoms with van der Waals surface area (Å²) in [5.41, 5.74) is 1.77. The Balaban J connectivity index is 1.82. The Kier molecular flexibility index (Phi) is 6.22. The molecule has 172 valence electrons. The lowest BCUT2D eigenvalue weighted by Gasteiger charge is -2.23. The Morgan fingerprint density at radius 3 is 2.24 bits per heavy atom. The van der Waals surface area contributed by atoms with Gasteiger partial charge in [-0.25, -0.2) is 12.8 Å². The molecule has 1 atom stereocenters. The predicted octanol–water partition coefficient (Wildman–Crippen LogP) is 4.13. The molecule has 1 heterocycles. The Hall–Kier alpha value is -3.24. The van der Waals surface area contributed by atoms with Gasteiger partial charge in [0.1, 0.15) is 5.82 Å². The maximum Gasteiger partial charge on any atom is 0.279 e. The molecule has 0 radical (unpaired) electrons. The highest BCUT2D eigenvalue weighted by molar-refractivity contribution is 7.92. The number of nitrogens with zero attached hydrogens (tertiary/aromatic N) is 2. The van der Waals surface area contributed by atoms with E-state index in [0.717, 1.165) is 4.41 Å². The summed E-state index contributed by atoms with van der Waals surface area (Å²) in [5, 5.41) is 4.44. The molecule has 0 aromatic heterocycles. The van der Waals surface area contributed by atoms with Gasteiger partial charge in [-0.2, -0.15) is 17.9 Å². The van der Waals surface area contributed by atoms with Gasteiger partial charge in [0.2, 0.25) is 10.0 Å². The first-order valence-electron chi connectivity index (χ1n) is 10.2. The average Bonchev–Trinajstić information content (AvgIpc) is 3.26. The van der Waals surface area contributed by atoms with Crippen LogP contribution < -0.4 is 4.72 Å². The van der Waals surface area contributed by atoms with Gasteiger partial charge in [-0.1, -0.05) is 48.5 Å². The highest BCUT2D eigenvalue weighted by Crippen LogP contribution is 2.38. The molecule has 0 saturated heterocycles. The van der Waals surface area contributed by atoms with Crippen molar-refractivity contribution in [1.82, 2.24) is 4.41 Å². The topological polar surface area (TPSA) is 95.9 Å². The number of halogens is 1. The molecule has 0 aliphatic carbocycles. The molecule has 0 amide bonds. The van der Waals surface area contributed by atoms with Crippen molar-refractivity contribution in [2.45, 2.75) is 24.3 Å². The highest BCUT2D eigenvalue weighted by Gasteiger charge is 2.38. The van der Waals surface area contributed by atoms with E-state index < -0.39 is 31.9 Å². The van der Waals surface area contributed by atoms with Crippen LogP contribution in [0.15, 0.2) is 88.9 Å². The van der Waals surface area contributed by atoms with Gasteiger partial charge >= 0.3 is 0 Å². The molecule has 1 aliphatic heterocycles. The summed E-state index contributed by atoms with van der Waals surface area (Å²) in [7, 11) is -7.58. The summed E-state index contributed by atoms with van der Waals surface area (Å²) in [4.78, 5) is 0.0714. The van der Waals surface area contributed by atoms with Crippen molar-refractivity contribution in [3.05, 3.63) is 95.8 Å². The van der Waals surface area contributed by atoms with Crippen LogP contribution in [-0.2, 0) is 20.0 Å². The van der Waals surface area contributed by atoms with Gasteiger partial charge in [0.25, 0.3) is 10.0 Å². The van der Waals surface area contributed by atoms with Crippen molar-refractivity contribution >= 4 is 31.4 Å². The number of benzene rings is 3. The summed E-state index contributed by atoms with van der Waals surface area (Å²) < 4.78 is 68.3. The van der Waals surface area contributed by atoms with Crippen LogP contribution in [0.5, 0.6) is 0 Å². The SMILES string of the molecule is CCS(=O)(=O)Nc1ccccc1C1=NN(S(=O)(=O)c2ccccc2)C(c2ccc(F)cc2)C1. The van der Waals surface area contributed by atoms with Crippen LogP contribution in [0, 0.1) is 5.82 Å². The smallest absolute Gasteiger partial charge is 0.279 e. The third-order valence-electron chi connectivity index (χ3n) is 5.30. The molecule has 1 N–H and O–H groups in total. The van der Waals surface area contributed by atoms with Gasteiger partial charge in [0, 0.05) is 12.0 Å². The van der Waals surface area contributed by atoms with Crippen LogP contribution in [0.25, 0.3) is 0 Å². The molecule has 0 fully saturated rings. The number of para-hydroxylation sites is 1. The van der Waals surface area contributed by atoms with E-state index in [9.17, 15) is 21.2 Å². The molecule has 0 spiro atoms. The van der Waals surface area contributed by atoms with Crippen molar-refractivity contribution in [2.75, 3.05) is 10.5 Å². The third-order valence-corrected chi connectivity index (χ3v) is 8.29. The van der Waals surface area contributed by atoms with E-state index >= 15 is 0 Å². The first kappa shape index (κ1) is 22.9. The number of hydrogen-bond acceptors (Lipinski definition) is 5. The van der Waals surface area contributed by atoms with Crippen molar-refractivity contribution in [2.24, 2.45) is 5.10 Å². The molecule has 1 aliphatic rings. The van der Waals surface area contributed by atoms with Crippen LogP contribution in [0.4, 0.5) is 10.1 Å². The molecule has 3 aromatic rings. The van der Waals surface area contributed by atoms with Crippen molar-refractivity contribution in [3.8, 4) is 0 Å². The molecular weight excluding hydrogens is 465 g/mol. The molecule has 0 bridgehead atoms. The van der Waals surface area contributed by atoms with E-state index in [-0.39, 0.29) is 17.1 Å². The van der Waals surface area contributed by atoms with E-state index in [1.807, 2.05) is 0 Å². The molecule has 10 heteroatoms. The van der Waals surface area contributed by atoms with Crippen molar-refractivity contribution in [3.63, 3.8) is 0 Å². The van der Waals surface area contributed by atoms with Crippen LogP contribution in [0.2, 0.25) is 0 Å². The second-order valence-electron chi connectivity index (χ2n) is 7.46.